The van der Waals surface area contributed by atoms with E-state index < -0.39 is 0 Å². The molecule has 0 unspecified atom stereocenters. The zero-order chi connectivity index (χ0) is 13.3. The SMILES string of the molecule is COc1cccc(-n2[nH]c(C(C)C)c(N)c2=O)c1. The summed E-state index contributed by atoms with van der Waals surface area (Å²) >= 11 is 0. The number of aromatic amines is 1. The zero-order valence-corrected chi connectivity index (χ0v) is 10.7. The lowest BCUT2D eigenvalue weighted by molar-refractivity contribution is 0.414. The first kappa shape index (κ1) is 12.3. The molecule has 1 heterocycles. The van der Waals surface area contributed by atoms with Crippen molar-refractivity contribution in [3.63, 3.8) is 0 Å². The first-order chi connectivity index (χ1) is 8.54. The van der Waals surface area contributed by atoms with Gasteiger partial charge in [0.2, 0.25) is 0 Å². The summed E-state index contributed by atoms with van der Waals surface area (Å²) in [6.07, 6.45) is 0. The number of nitrogens with one attached hydrogen (secondary N) is 1. The van der Waals surface area contributed by atoms with Crippen LogP contribution in [0.4, 0.5) is 5.69 Å². The lowest BCUT2D eigenvalue weighted by atomic mass is 10.1. The van der Waals surface area contributed by atoms with Gasteiger partial charge in [-0.2, -0.15) is 0 Å². The highest BCUT2D eigenvalue weighted by Crippen LogP contribution is 2.19. The monoisotopic (exact) mass is 247 g/mol. The Bertz CT molecular complexity index is 611. The number of aromatic nitrogens is 2. The van der Waals surface area contributed by atoms with E-state index in [1.807, 2.05) is 32.0 Å². The number of nitrogens with zero attached hydrogens (tertiary/aromatic N) is 1. The molecule has 18 heavy (non-hydrogen) atoms. The minimum atomic E-state index is -0.230. The molecule has 2 aromatic rings. The number of hydrogen-bond acceptors (Lipinski definition) is 3. The number of rotatable bonds is 3. The van der Waals surface area contributed by atoms with E-state index in [1.54, 1.807) is 13.2 Å². The summed E-state index contributed by atoms with van der Waals surface area (Å²) in [6.45, 7) is 3.97. The number of methoxy groups -OCH3 is 1. The minimum Gasteiger partial charge on any atom is -0.497 e. The van der Waals surface area contributed by atoms with E-state index >= 15 is 0 Å². The van der Waals surface area contributed by atoms with Gasteiger partial charge < -0.3 is 10.5 Å². The van der Waals surface area contributed by atoms with Crippen molar-refractivity contribution in [1.82, 2.24) is 9.78 Å². The zero-order valence-electron chi connectivity index (χ0n) is 10.7. The number of hydrogen-bond donors (Lipinski definition) is 2. The Kier molecular flexibility index (Phi) is 3.14. The van der Waals surface area contributed by atoms with E-state index in [0.29, 0.717) is 11.4 Å². The molecule has 1 aromatic heterocycles. The largest absolute Gasteiger partial charge is 0.497 e. The van der Waals surface area contributed by atoms with E-state index in [-0.39, 0.29) is 17.2 Å². The Morgan fingerprint density at radius 2 is 2.11 bits per heavy atom. The van der Waals surface area contributed by atoms with Crippen molar-refractivity contribution in [2.45, 2.75) is 19.8 Å². The molecule has 0 amide bonds. The lowest BCUT2D eigenvalue weighted by Crippen LogP contribution is -2.16. The van der Waals surface area contributed by atoms with E-state index in [9.17, 15) is 4.79 Å². The smallest absolute Gasteiger partial charge is 0.294 e. The number of ether oxygens (including phenoxy) is 1. The fourth-order valence-electron chi connectivity index (χ4n) is 1.84. The van der Waals surface area contributed by atoms with Crippen LogP contribution in [0.3, 0.4) is 0 Å². The molecule has 0 aliphatic carbocycles. The Labute approximate surface area is 105 Å². The van der Waals surface area contributed by atoms with Gasteiger partial charge in [-0.1, -0.05) is 19.9 Å². The van der Waals surface area contributed by atoms with Gasteiger partial charge in [0.05, 0.1) is 18.5 Å². The van der Waals surface area contributed by atoms with Crippen LogP contribution in [0.15, 0.2) is 29.1 Å². The molecule has 96 valence electrons. The molecule has 5 nitrogen and oxygen atoms in total. The van der Waals surface area contributed by atoms with E-state index in [4.69, 9.17) is 10.5 Å². The summed E-state index contributed by atoms with van der Waals surface area (Å²) in [4.78, 5) is 12.1. The molecule has 0 saturated carbocycles. The van der Waals surface area contributed by atoms with Gasteiger partial charge in [-0.25, -0.2) is 4.68 Å². The summed E-state index contributed by atoms with van der Waals surface area (Å²) in [6, 6.07) is 7.25. The molecular weight excluding hydrogens is 230 g/mol. The lowest BCUT2D eigenvalue weighted by Gasteiger charge is -2.05. The topological polar surface area (TPSA) is 73.0 Å². The van der Waals surface area contributed by atoms with Crippen LogP contribution >= 0.6 is 0 Å². The second kappa shape index (κ2) is 4.60. The maximum atomic E-state index is 12.1. The van der Waals surface area contributed by atoms with Crippen LogP contribution in [0.25, 0.3) is 5.69 Å². The fourth-order valence-corrected chi connectivity index (χ4v) is 1.84. The summed E-state index contributed by atoms with van der Waals surface area (Å²) in [5.41, 5.74) is 7.32. The first-order valence-electron chi connectivity index (χ1n) is 5.79. The average Bonchev–Trinajstić information content (AvgIpc) is 2.67. The van der Waals surface area contributed by atoms with Gasteiger partial charge in [0.25, 0.3) is 5.56 Å². The highest BCUT2D eigenvalue weighted by Gasteiger charge is 2.14. The van der Waals surface area contributed by atoms with Gasteiger partial charge in [-0.3, -0.25) is 9.89 Å². The van der Waals surface area contributed by atoms with Crippen molar-refractivity contribution < 1.29 is 4.74 Å². The fraction of sp³-hybridized carbons (Fsp3) is 0.308. The van der Waals surface area contributed by atoms with Crippen LogP contribution in [0.1, 0.15) is 25.5 Å². The number of H-pyrrole nitrogens is 1. The van der Waals surface area contributed by atoms with Crippen LogP contribution in [0.5, 0.6) is 5.75 Å². The second-order valence-corrected chi connectivity index (χ2v) is 4.44. The molecule has 0 bridgehead atoms. The molecule has 0 aliphatic heterocycles. The Balaban J connectivity index is 2.57. The third kappa shape index (κ3) is 1.99. The normalized spacial score (nSPS) is 10.9. The quantitative estimate of drug-likeness (QED) is 0.869. The van der Waals surface area contributed by atoms with Gasteiger partial charge in [0.15, 0.2) is 0 Å². The maximum absolute atomic E-state index is 12.1. The summed E-state index contributed by atoms with van der Waals surface area (Å²) in [5, 5.41) is 3.04. The van der Waals surface area contributed by atoms with Crippen molar-refractivity contribution in [1.29, 1.82) is 0 Å². The Hall–Kier alpha value is -2.17. The van der Waals surface area contributed by atoms with Gasteiger partial charge in [0.1, 0.15) is 11.4 Å². The molecule has 0 aliphatic rings. The standard InChI is InChI=1S/C13H17N3O2/c1-8(2)12-11(14)13(17)16(15-12)9-5-4-6-10(7-9)18-3/h4-8,15H,14H2,1-3H3. The molecule has 5 heteroatoms. The maximum Gasteiger partial charge on any atom is 0.294 e. The predicted octanol–water partition coefficient (Wildman–Crippen LogP) is 1.88. The molecule has 2 rings (SSSR count). The number of benzene rings is 1. The molecule has 3 N–H and O–H groups in total. The highest BCUT2D eigenvalue weighted by molar-refractivity contribution is 5.47. The van der Waals surface area contributed by atoms with Gasteiger partial charge in [-0.05, 0) is 18.1 Å². The van der Waals surface area contributed by atoms with Crippen molar-refractivity contribution in [2.24, 2.45) is 0 Å². The Morgan fingerprint density at radius 3 is 2.67 bits per heavy atom. The van der Waals surface area contributed by atoms with E-state index in [2.05, 4.69) is 5.10 Å². The molecule has 0 saturated heterocycles. The van der Waals surface area contributed by atoms with Gasteiger partial charge in [-0.15, -0.1) is 0 Å². The third-order valence-electron chi connectivity index (χ3n) is 2.84. The predicted molar refractivity (Wildman–Crippen MR) is 71.4 cm³/mol. The van der Waals surface area contributed by atoms with Gasteiger partial charge >= 0.3 is 0 Å². The number of anilines is 1. The second-order valence-electron chi connectivity index (χ2n) is 4.44. The van der Waals surface area contributed by atoms with Crippen LogP contribution in [-0.4, -0.2) is 16.9 Å². The van der Waals surface area contributed by atoms with Crippen molar-refractivity contribution in [3.05, 3.63) is 40.3 Å². The average molecular weight is 247 g/mol. The highest BCUT2D eigenvalue weighted by atomic mass is 16.5. The molecule has 0 atom stereocenters. The van der Waals surface area contributed by atoms with E-state index in [1.165, 1.54) is 4.68 Å². The Morgan fingerprint density at radius 1 is 1.39 bits per heavy atom. The van der Waals surface area contributed by atoms with Crippen LogP contribution in [0.2, 0.25) is 0 Å². The van der Waals surface area contributed by atoms with Crippen molar-refractivity contribution >= 4 is 5.69 Å². The number of nitrogen functional groups attached to an aromatic ring is 1. The third-order valence-corrected chi connectivity index (χ3v) is 2.84. The molecule has 0 radical (unpaired) electrons. The summed E-state index contributed by atoms with van der Waals surface area (Å²) < 4.78 is 6.58. The molecule has 0 spiro atoms. The minimum absolute atomic E-state index is 0.171. The van der Waals surface area contributed by atoms with Crippen LogP contribution < -0.4 is 16.0 Å². The van der Waals surface area contributed by atoms with Crippen molar-refractivity contribution in [3.8, 4) is 11.4 Å². The molecular formula is C13H17N3O2. The summed E-state index contributed by atoms with van der Waals surface area (Å²) in [5.74, 6) is 0.864. The number of nitrogens with two attached hydrogens (primary N) is 1. The van der Waals surface area contributed by atoms with Crippen LogP contribution in [0, 0.1) is 0 Å². The van der Waals surface area contributed by atoms with Crippen molar-refractivity contribution in [2.75, 3.05) is 12.8 Å². The summed E-state index contributed by atoms with van der Waals surface area (Å²) in [7, 11) is 1.59. The molecule has 0 fully saturated rings. The van der Waals surface area contributed by atoms with E-state index in [0.717, 1.165) is 5.69 Å². The van der Waals surface area contributed by atoms with Crippen LogP contribution in [-0.2, 0) is 0 Å². The molecule has 1 aromatic carbocycles. The first-order valence-corrected chi connectivity index (χ1v) is 5.79. The van der Waals surface area contributed by atoms with Gasteiger partial charge in [0, 0.05) is 6.07 Å².